The molecule has 0 amide bonds. The normalized spacial score (nSPS) is 12.8. The largest absolute Gasteiger partial charge is 0.462 e. The van der Waals surface area contributed by atoms with Crippen LogP contribution in [0.5, 0.6) is 0 Å². The van der Waals surface area contributed by atoms with Crippen molar-refractivity contribution in [3.63, 3.8) is 0 Å². The van der Waals surface area contributed by atoms with Gasteiger partial charge < -0.3 is 14.2 Å². The molecule has 0 aliphatic carbocycles. The number of carbonyl (C=O) groups is 3. The maximum Gasteiger partial charge on any atom is 0.306 e. The molecule has 406 valence electrons. The highest BCUT2D eigenvalue weighted by molar-refractivity contribution is 5.71. The van der Waals surface area contributed by atoms with Crippen LogP contribution in [0.25, 0.3) is 0 Å². The summed E-state index contributed by atoms with van der Waals surface area (Å²) in [5.74, 6) is -0.986. The molecule has 0 rings (SSSR count). The molecule has 0 aliphatic heterocycles. The Bertz CT molecular complexity index is 1410. The predicted octanol–water partition coefficient (Wildman–Crippen LogP) is 20.1. The Balaban J connectivity index is 4.39. The van der Waals surface area contributed by atoms with E-state index >= 15 is 0 Å². The van der Waals surface area contributed by atoms with E-state index in [-0.39, 0.29) is 37.5 Å². The van der Waals surface area contributed by atoms with E-state index < -0.39 is 6.10 Å². The molecule has 1 atom stereocenters. The minimum atomic E-state index is -0.816. The van der Waals surface area contributed by atoms with Crippen molar-refractivity contribution in [1.82, 2.24) is 0 Å². The van der Waals surface area contributed by atoms with Crippen LogP contribution in [0.15, 0.2) is 97.2 Å². The first-order valence-electron chi connectivity index (χ1n) is 29.7. The van der Waals surface area contributed by atoms with Gasteiger partial charge in [-0.1, -0.05) is 259 Å². The Labute approximate surface area is 438 Å². The van der Waals surface area contributed by atoms with Crippen molar-refractivity contribution < 1.29 is 28.6 Å². The molecule has 0 fully saturated rings. The van der Waals surface area contributed by atoms with Crippen LogP contribution in [-0.2, 0) is 28.6 Å². The van der Waals surface area contributed by atoms with Crippen molar-refractivity contribution in [3.8, 4) is 0 Å². The highest BCUT2D eigenvalue weighted by Gasteiger charge is 2.19. The molecule has 0 saturated carbocycles. The molecule has 71 heavy (non-hydrogen) atoms. The van der Waals surface area contributed by atoms with Crippen LogP contribution in [0.3, 0.4) is 0 Å². The summed E-state index contributed by atoms with van der Waals surface area (Å²) in [6.45, 7) is 6.36. The second-order valence-electron chi connectivity index (χ2n) is 19.5. The van der Waals surface area contributed by atoms with Crippen molar-refractivity contribution in [1.29, 1.82) is 0 Å². The van der Waals surface area contributed by atoms with E-state index in [0.717, 1.165) is 96.3 Å². The summed E-state index contributed by atoms with van der Waals surface area (Å²) >= 11 is 0. The minimum Gasteiger partial charge on any atom is -0.462 e. The van der Waals surface area contributed by atoms with E-state index in [9.17, 15) is 14.4 Å². The first-order valence-corrected chi connectivity index (χ1v) is 29.7. The summed E-state index contributed by atoms with van der Waals surface area (Å²) in [4.78, 5) is 38.2. The quantitative estimate of drug-likeness (QED) is 0.0261. The molecule has 0 N–H and O–H groups in total. The number of ether oxygens (including phenoxy) is 3. The van der Waals surface area contributed by atoms with Crippen LogP contribution in [0, 0.1) is 0 Å². The molecular formula is C65H110O6. The Morgan fingerprint density at radius 1 is 0.296 bits per heavy atom. The zero-order valence-electron chi connectivity index (χ0n) is 46.5. The lowest BCUT2D eigenvalue weighted by molar-refractivity contribution is -0.167. The standard InChI is InChI=1S/C65H110O6/c1-4-7-10-13-16-19-22-25-28-29-30-31-32-33-34-35-38-40-43-46-49-52-55-58-64(67)70-61-62(71-65(68)59-56-53-50-47-44-41-37-27-24-21-18-15-12-9-6-3)60-69-63(66)57-54-51-48-45-42-39-36-26-23-20-17-14-11-8-5-2/h8-9,11-12,17-18,20-21,26-27,36-37,42,44-45,47,62H,4-7,10,13-16,19,22-25,28-35,38-41,43,46,48-61H2,1-3H3/b11-8-,12-9-,20-17-,21-18-,36-26-,37-27-,45-42-,47-44-. The Hall–Kier alpha value is -3.67. The Kier molecular flexibility index (Phi) is 55.9. The van der Waals surface area contributed by atoms with E-state index in [1.807, 2.05) is 0 Å². The van der Waals surface area contributed by atoms with Gasteiger partial charge in [-0.15, -0.1) is 0 Å². The van der Waals surface area contributed by atoms with Crippen molar-refractivity contribution in [2.75, 3.05) is 13.2 Å². The molecule has 6 nitrogen and oxygen atoms in total. The molecule has 0 aromatic heterocycles. The third-order valence-electron chi connectivity index (χ3n) is 12.6. The van der Waals surface area contributed by atoms with E-state index in [4.69, 9.17) is 14.2 Å². The minimum absolute atomic E-state index is 0.106. The van der Waals surface area contributed by atoms with Gasteiger partial charge in [-0.2, -0.15) is 0 Å². The van der Waals surface area contributed by atoms with Crippen LogP contribution < -0.4 is 0 Å². The molecule has 0 aromatic rings. The molecule has 6 heteroatoms. The van der Waals surface area contributed by atoms with Gasteiger partial charge in [-0.25, -0.2) is 0 Å². The number of unbranched alkanes of at least 4 members (excludes halogenated alkanes) is 26. The number of carbonyl (C=O) groups excluding carboxylic acids is 3. The van der Waals surface area contributed by atoms with Crippen LogP contribution in [0.1, 0.15) is 278 Å². The smallest absolute Gasteiger partial charge is 0.306 e. The fourth-order valence-electron chi connectivity index (χ4n) is 8.19. The highest BCUT2D eigenvalue weighted by atomic mass is 16.6. The molecule has 0 aromatic carbocycles. The summed E-state index contributed by atoms with van der Waals surface area (Å²) in [5, 5.41) is 0. The molecule has 0 aliphatic rings. The van der Waals surface area contributed by atoms with E-state index in [1.54, 1.807) is 0 Å². The second-order valence-corrected chi connectivity index (χ2v) is 19.5. The van der Waals surface area contributed by atoms with Gasteiger partial charge in [0.1, 0.15) is 13.2 Å². The van der Waals surface area contributed by atoms with E-state index in [2.05, 4.69) is 118 Å². The van der Waals surface area contributed by atoms with Gasteiger partial charge in [0.2, 0.25) is 0 Å². The van der Waals surface area contributed by atoms with Crippen LogP contribution in [0.2, 0.25) is 0 Å². The first kappa shape index (κ1) is 67.3. The number of rotatable bonds is 53. The monoisotopic (exact) mass is 987 g/mol. The molecule has 0 saturated heterocycles. The van der Waals surface area contributed by atoms with Gasteiger partial charge in [0.05, 0.1) is 0 Å². The Morgan fingerprint density at radius 3 is 0.859 bits per heavy atom. The predicted molar refractivity (Wildman–Crippen MR) is 307 cm³/mol. The summed E-state index contributed by atoms with van der Waals surface area (Å²) in [5.41, 5.74) is 0. The zero-order valence-corrected chi connectivity index (χ0v) is 46.5. The maximum atomic E-state index is 12.8. The van der Waals surface area contributed by atoms with Crippen LogP contribution in [-0.4, -0.2) is 37.2 Å². The van der Waals surface area contributed by atoms with Gasteiger partial charge in [0, 0.05) is 19.3 Å². The second kappa shape index (κ2) is 58.9. The summed E-state index contributed by atoms with van der Waals surface area (Å²) in [6, 6.07) is 0. The van der Waals surface area contributed by atoms with Crippen LogP contribution >= 0.6 is 0 Å². The van der Waals surface area contributed by atoms with E-state index in [0.29, 0.717) is 25.7 Å². The summed E-state index contributed by atoms with van der Waals surface area (Å²) in [7, 11) is 0. The summed E-state index contributed by atoms with van der Waals surface area (Å²) in [6.07, 6.45) is 78.5. The van der Waals surface area contributed by atoms with Crippen molar-refractivity contribution in [3.05, 3.63) is 97.2 Å². The zero-order chi connectivity index (χ0) is 51.4. The molecule has 0 spiro atoms. The lowest BCUT2D eigenvalue weighted by Gasteiger charge is -2.18. The lowest BCUT2D eigenvalue weighted by atomic mass is 10.0. The molecular weight excluding hydrogens is 877 g/mol. The van der Waals surface area contributed by atoms with Gasteiger partial charge >= 0.3 is 17.9 Å². The van der Waals surface area contributed by atoms with Gasteiger partial charge in [0.25, 0.3) is 0 Å². The third-order valence-corrected chi connectivity index (χ3v) is 12.6. The average molecular weight is 988 g/mol. The lowest BCUT2D eigenvalue weighted by Crippen LogP contribution is -2.30. The fraction of sp³-hybridized carbons (Fsp3) is 0.708. The van der Waals surface area contributed by atoms with Gasteiger partial charge in [0.15, 0.2) is 6.10 Å². The van der Waals surface area contributed by atoms with E-state index in [1.165, 1.54) is 128 Å². The van der Waals surface area contributed by atoms with Crippen molar-refractivity contribution in [2.24, 2.45) is 0 Å². The van der Waals surface area contributed by atoms with Gasteiger partial charge in [-0.3, -0.25) is 14.4 Å². The SMILES string of the molecule is CC/C=C\C/C=C\C/C=C\C/C=C\CCCCC(=O)OCC(COC(=O)CCCCCCCCCCCCCCCCCCCCCCCCC)OC(=O)CCCC/C=C\C/C=C\C/C=C\C/C=C\CC. The number of hydrogen-bond acceptors (Lipinski definition) is 6. The third kappa shape index (κ3) is 57.1. The number of esters is 3. The van der Waals surface area contributed by atoms with Crippen LogP contribution in [0.4, 0.5) is 0 Å². The first-order chi connectivity index (χ1) is 35.0. The maximum absolute atomic E-state index is 12.8. The molecule has 0 heterocycles. The molecule has 1 unspecified atom stereocenters. The number of allylic oxidation sites excluding steroid dienone is 16. The highest BCUT2D eigenvalue weighted by Crippen LogP contribution is 2.16. The Morgan fingerprint density at radius 2 is 0.549 bits per heavy atom. The average Bonchev–Trinajstić information content (AvgIpc) is 3.37. The van der Waals surface area contributed by atoms with Crippen molar-refractivity contribution in [2.45, 2.75) is 284 Å². The fourth-order valence-corrected chi connectivity index (χ4v) is 8.19. The molecule has 0 bridgehead atoms. The van der Waals surface area contributed by atoms with Gasteiger partial charge in [-0.05, 0) is 96.3 Å². The topological polar surface area (TPSA) is 78.9 Å². The summed E-state index contributed by atoms with van der Waals surface area (Å²) < 4.78 is 16.8. The molecule has 0 radical (unpaired) electrons. The number of hydrogen-bond donors (Lipinski definition) is 0. The van der Waals surface area contributed by atoms with Crippen molar-refractivity contribution >= 4 is 17.9 Å².